The van der Waals surface area contributed by atoms with Crippen molar-refractivity contribution in [2.45, 2.75) is 19.8 Å². The SMILES string of the molecule is CCCCSSC=O. The Morgan fingerprint density at radius 3 is 2.88 bits per heavy atom. The summed E-state index contributed by atoms with van der Waals surface area (Å²) in [6, 6.07) is 0. The highest BCUT2D eigenvalue weighted by atomic mass is 33.1. The molecule has 0 aromatic rings. The Labute approximate surface area is 58.0 Å². The van der Waals surface area contributed by atoms with E-state index in [1.54, 1.807) is 10.8 Å². The number of rotatable bonds is 5. The first-order chi connectivity index (χ1) is 3.91. The van der Waals surface area contributed by atoms with Crippen molar-refractivity contribution in [2.24, 2.45) is 0 Å². The van der Waals surface area contributed by atoms with Crippen LogP contribution in [-0.2, 0) is 4.79 Å². The van der Waals surface area contributed by atoms with Gasteiger partial charge in [0.15, 0.2) is 5.62 Å². The first-order valence-electron chi connectivity index (χ1n) is 2.63. The lowest BCUT2D eigenvalue weighted by atomic mass is 10.4. The highest BCUT2D eigenvalue weighted by Gasteiger charge is 1.84. The zero-order chi connectivity index (χ0) is 6.24. The number of carbonyl (C=O) groups is 1. The van der Waals surface area contributed by atoms with E-state index in [4.69, 9.17) is 0 Å². The van der Waals surface area contributed by atoms with E-state index in [2.05, 4.69) is 6.92 Å². The summed E-state index contributed by atoms with van der Waals surface area (Å²) in [6.07, 6.45) is 2.43. The topological polar surface area (TPSA) is 17.1 Å². The van der Waals surface area contributed by atoms with Crippen molar-refractivity contribution in [3.63, 3.8) is 0 Å². The highest BCUT2D eigenvalue weighted by Crippen LogP contribution is 2.18. The molecule has 0 aromatic carbocycles. The first-order valence-corrected chi connectivity index (χ1v) is 5.02. The van der Waals surface area contributed by atoms with Crippen LogP contribution in [0.4, 0.5) is 0 Å². The summed E-state index contributed by atoms with van der Waals surface area (Å²) in [7, 11) is 2.91. The van der Waals surface area contributed by atoms with Gasteiger partial charge in [-0.05, 0) is 17.2 Å². The summed E-state index contributed by atoms with van der Waals surface area (Å²) < 4.78 is 0. The smallest absolute Gasteiger partial charge is 0.186 e. The third kappa shape index (κ3) is 6.37. The molecule has 0 spiro atoms. The van der Waals surface area contributed by atoms with E-state index in [-0.39, 0.29) is 0 Å². The number of hydrogen-bond donors (Lipinski definition) is 0. The third-order valence-corrected chi connectivity index (χ3v) is 2.50. The normalized spacial score (nSPS) is 9.12. The molecule has 1 nitrogen and oxygen atoms in total. The standard InChI is InChI=1S/C5H10OS2/c1-2-3-4-7-8-5-6/h5H,2-4H2,1H3. The Balaban J connectivity index is 2.62. The average Bonchev–Trinajstić information content (AvgIpc) is 1.81. The molecule has 0 saturated heterocycles. The van der Waals surface area contributed by atoms with Crippen LogP contribution in [0, 0.1) is 0 Å². The second-order valence-corrected chi connectivity index (χ2v) is 3.68. The van der Waals surface area contributed by atoms with Gasteiger partial charge in [0, 0.05) is 5.75 Å². The van der Waals surface area contributed by atoms with Gasteiger partial charge in [-0.15, -0.1) is 0 Å². The molecule has 0 radical (unpaired) electrons. The summed E-state index contributed by atoms with van der Waals surface area (Å²) >= 11 is 0. The maximum absolute atomic E-state index is 9.71. The molecule has 0 amide bonds. The fourth-order valence-corrected chi connectivity index (χ4v) is 1.65. The van der Waals surface area contributed by atoms with Gasteiger partial charge in [0.1, 0.15) is 0 Å². The maximum Gasteiger partial charge on any atom is 0.186 e. The summed E-state index contributed by atoms with van der Waals surface area (Å²) in [5, 5.41) is 0. The van der Waals surface area contributed by atoms with Crippen LogP contribution in [0.15, 0.2) is 0 Å². The van der Waals surface area contributed by atoms with E-state index < -0.39 is 0 Å². The second-order valence-electron chi connectivity index (χ2n) is 1.37. The molecule has 0 aliphatic carbocycles. The van der Waals surface area contributed by atoms with E-state index in [0.29, 0.717) is 0 Å². The highest BCUT2D eigenvalue weighted by molar-refractivity contribution is 8.81. The maximum atomic E-state index is 9.71. The van der Waals surface area contributed by atoms with Crippen LogP contribution in [0.2, 0.25) is 0 Å². The molecule has 0 aromatic heterocycles. The fourth-order valence-electron chi connectivity index (χ4n) is 0.279. The molecule has 3 heteroatoms. The molecule has 0 rings (SSSR count). The van der Waals surface area contributed by atoms with E-state index >= 15 is 0 Å². The van der Waals surface area contributed by atoms with Gasteiger partial charge in [0.2, 0.25) is 0 Å². The van der Waals surface area contributed by atoms with Crippen molar-refractivity contribution >= 4 is 27.2 Å². The molecule has 0 aliphatic heterocycles. The van der Waals surface area contributed by atoms with Crippen LogP contribution in [-0.4, -0.2) is 11.4 Å². The van der Waals surface area contributed by atoms with Crippen molar-refractivity contribution in [1.82, 2.24) is 0 Å². The van der Waals surface area contributed by atoms with E-state index in [0.717, 1.165) is 11.4 Å². The molecular weight excluding hydrogens is 140 g/mol. The third-order valence-electron chi connectivity index (χ3n) is 0.689. The number of unbranched alkanes of at least 4 members (excludes halogenated alkanes) is 1. The molecule has 0 atom stereocenters. The molecular formula is C5H10OS2. The van der Waals surface area contributed by atoms with Crippen molar-refractivity contribution in [1.29, 1.82) is 0 Å². The van der Waals surface area contributed by atoms with Crippen LogP contribution in [0.3, 0.4) is 0 Å². The Morgan fingerprint density at radius 1 is 1.62 bits per heavy atom. The second kappa shape index (κ2) is 7.37. The van der Waals surface area contributed by atoms with Crippen LogP contribution in [0.5, 0.6) is 0 Å². The molecule has 8 heavy (non-hydrogen) atoms. The van der Waals surface area contributed by atoms with Crippen molar-refractivity contribution in [3.05, 3.63) is 0 Å². The lowest BCUT2D eigenvalue weighted by molar-refractivity contribution is 0.570. The quantitative estimate of drug-likeness (QED) is 0.340. The summed E-state index contributed by atoms with van der Waals surface area (Å²) in [5.41, 5.74) is 0.875. The summed E-state index contributed by atoms with van der Waals surface area (Å²) in [5.74, 6) is 1.10. The van der Waals surface area contributed by atoms with Crippen LogP contribution in [0.25, 0.3) is 0 Å². The minimum Gasteiger partial charge on any atom is -0.290 e. The van der Waals surface area contributed by atoms with Crippen molar-refractivity contribution in [3.8, 4) is 0 Å². The summed E-state index contributed by atoms with van der Waals surface area (Å²) in [4.78, 5) is 9.71. The predicted octanol–water partition coefficient (Wildman–Crippen LogP) is 2.36. The van der Waals surface area contributed by atoms with Crippen molar-refractivity contribution in [2.75, 3.05) is 5.75 Å². The Bertz CT molecular complexity index is 56.4. The van der Waals surface area contributed by atoms with Gasteiger partial charge in [-0.1, -0.05) is 24.1 Å². The van der Waals surface area contributed by atoms with Gasteiger partial charge >= 0.3 is 0 Å². The van der Waals surface area contributed by atoms with E-state index in [1.165, 1.54) is 23.6 Å². The van der Waals surface area contributed by atoms with Gasteiger partial charge in [0.05, 0.1) is 0 Å². The van der Waals surface area contributed by atoms with Gasteiger partial charge < -0.3 is 0 Å². The molecule has 0 heterocycles. The fraction of sp³-hybridized carbons (Fsp3) is 0.800. The zero-order valence-electron chi connectivity index (χ0n) is 4.92. The van der Waals surface area contributed by atoms with E-state index in [9.17, 15) is 4.79 Å². The Hall–Kier alpha value is 0.370. The Kier molecular flexibility index (Phi) is 7.71. The minimum atomic E-state index is 0.875. The Morgan fingerprint density at radius 2 is 2.38 bits per heavy atom. The largest absolute Gasteiger partial charge is 0.290 e. The molecule has 0 unspecified atom stereocenters. The average molecular weight is 150 g/mol. The van der Waals surface area contributed by atoms with Crippen molar-refractivity contribution < 1.29 is 4.79 Å². The van der Waals surface area contributed by atoms with E-state index in [1.807, 2.05) is 0 Å². The zero-order valence-corrected chi connectivity index (χ0v) is 6.56. The number of hydrogen-bond acceptors (Lipinski definition) is 3. The van der Waals surface area contributed by atoms with Gasteiger partial charge in [-0.2, -0.15) is 0 Å². The molecule has 48 valence electrons. The van der Waals surface area contributed by atoms with Gasteiger partial charge in [-0.3, -0.25) is 4.79 Å². The molecule has 0 saturated carbocycles. The van der Waals surface area contributed by atoms with Gasteiger partial charge in [0.25, 0.3) is 0 Å². The van der Waals surface area contributed by atoms with Gasteiger partial charge in [-0.25, -0.2) is 0 Å². The molecule has 0 fully saturated rings. The monoisotopic (exact) mass is 150 g/mol. The minimum absolute atomic E-state index is 0.875. The van der Waals surface area contributed by atoms with Crippen LogP contribution < -0.4 is 0 Å². The molecule has 0 N–H and O–H groups in total. The lowest BCUT2D eigenvalue weighted by Gasteiger charge is -1.89. The molecule has 0 aliphatic rings. The molecule has 0 bridgehead atoms. The lowest BCUT2D eigenvalue weighted by Crippen LogP contribution is -1.71. The number of carbonyl (C=O) groups excluding carboxylic acids is 1. The predicted molar refractivity (Wildman–Crippen MR) is 41.7 cm³/mol. The van der Waals surface area contributed by atoms with Crippen LogP contribution in [0.1, 0.15) is 19.8 Å². The summed E-state index contributed by atoms with van der Waals surface area (Å²) in [6.45, 7) is 2.14. The van der Waals surface area contributed by atoms with Crippen LogP contribution >= 0.6 is 21.6 Å². The first kappa shape index (κ1) is 8.37.